The number of benzene rings is 12. The molecule has 16 nitrogen and oxygen atoms in total. The van der Waals surface area contributed by atoms with Gasteiger partial charge in [0.2, 0.25) is 5.91 Å². The first-order chi connectivity index (χ1) is 61.4. The van der Waals surface area contributed by atoms with Gasteiger partial charge in [0.1, 0.15) is 5.56 Å². The van der Waals surface area contributed by atoms with Gasteiger partial charge in [-0.05, 0) is 263 Å². The summed E-state index contributed by atoms with van der Waals surface area (Å²) in [7, 11) is 1.88. The normalized spacial score (nSPS) is 13.0. The number of nitrogens with zero attached hydrogens (tertiary/aromatic N) is 8. The van der Waals surface area contributed by atoms with Crippen molar-refractivity contribution in [3.8, 4) is 35.5 Å². The SMILES string of the molecule is C1=Cc2ccc3cccc4c3c2C(=CC4)C1.C1=Cc2ccc3cccc4c3c2C(=CC4)C1.C1=Cc2ccc3cccc4c3c2C(=CC4)C1.CC#CC(C)(C)C.CC(=O)NCC#CC(C)(C)C.CC(C)(C)C#CCNC(=O)c1ccc([N+](=O)[O-])cc1[N+](=O)[O-].CCn1cc(C(C)(C)C)nn1.Cn1cc(C(C)(C)C)nn1.c1cc2cccc3c4cccc5cccc(c(c1)c23)c54. The van der Waals surface area contributed by atoms with E-state index in [0.29, 0.717) is 6.54 Å². The van der Waals surface area contributed by atoms with Crippen molar-refractivity contribution < 1.29 is 19.4 Å². The summed E-state index contributed by atoms with van der Waals surface area (Å²) in [5.41, 5.74) is 18.6. The lowest BCUT2D eigenvalue weighted by molar-refractivity contribution is -0.394. The van der Waals surface area contributed by atoms with E-state index >= 15 is 0 Å². The van der Waals surface area contributed by atoms with Crippen molar-refractivity contribution in [1.82, 2.24) is 40.6 Å². The Morgan fingerprint density at radius 3 is 1.10 bits per heavy atom. The Morgan fingerprint density at radius 1 is 0.434 bits per heavy atom. The van der Waals surface area contributed by atoms with E-state index < -0.39 is 27.1 Å². The molecule has 16 heteroatoms. The van der Waals surface area contributed by atoms with Crippen molar-refractivity contribution in [2.45, 2.75) is 181 Å². The Kier molecular flexibility index (Phi) is 29.6. The standard InChI is InChI=1S/C20H12.3C16H12.C14H15N3O5.C9H15NO.C8H15N3.C7H13N3.C7H12/c1-5-13-6-2-11-17-18-12-4-8-14-7-3-10-16(20(14)18)15(9-1)19(13)17;3*1-3-11-7-9-13-5-2-6-14-10-8-12(4-1)15(11)16(13)14;1-14(2,3)7-4-8-15-13(18)11-6-5-10(16(19)20)9-12(11)17(21)22;1-8(11)10-7-5-6-9(2,3)4;1-5-11-6-7(9-10-11)8(2,3)4;1-7(2,3)6-5-10(4)9-8-6;1-5-6-7(2,3)4/h1-12H;3*1-5,7,9-10H,6,8H2;5-6,9H,8H2,1-3H3,(H,15,18);7H2,1-4H3,(H,10,11);6H,5H2,1-4H3;5H,1-4H3;1-4H3. The summed E-state index contributed by atoms with van der Waals surface area (Å²) in [6.07, 6.45) is 31.3. The second-order valence-corrected chi connectivity index (χ2v) is 37.9. The molecule has 0 saturated carbocycles. The van der Waals surface area contributed by atoms with Crippen LogP contribution in [0.15, 0.2) is 231 Å². The van der Waals surface area contributed by atoms with Gasteiger partial charge >= 0.3 is 0 Å². The first kappa shape index (κ1) is 94.0. The maximum Gasteiger partial charge on any atom is 0.289 e. The molecule has 656 valence electrons. The van der Waals surface area contributed by atoms with Gasteiger partial charge in [0.25, 0.3) is 17.3 Å². The van der Waals surface area contributed by atoms with Crippen molar-refractivity contribution >= 4 is 134 Å². The quantitative estimate of drug-likeness (QED) is 0.0529. The summed E-state index contributed by atoms with van der Waals surface area (Å²) in [5, 5.41) is 62.0. The molecule has 2 N–H and O–H groups in total. The van der Waals surface area contributed by atoms with Gasteiger partial charge in [-0.1, -0.05) is 300 Å². The van der Waals surface area contributed by atoms with Crippen LogP contribution < -0.4 is 10.6 Å². The number of aromatic nitrogens is 6. The molecule has 0 spiro atoms. The van der Waals surface area contributed by atoms with Crippen LogP contribution in [0, 0.1) is 72.0 Å². The fourth-order valence-corrected chi connectivity index (χ4v) is 16.3. The average molecular weight is 1710 g/mol. The van der Waals surface area contributed by atoms with Crippen LogP contribution in [0.3, 0.4) is 0 Å². The van der Waals surface area contributed by atoms with Crippen molar-refractivity contribution in [2.24, 2.45) is 23.3 Å². The molecule has 0 radical (unpaired) electrons. The third kappa shape index (κ3) is 23.8. The molecule has 20 rings (SSSR count). The monoisotopic (exact) mass is 1710 g/mol. The van der Waals surface area contributed by atoms with E-state index in [1.54, 1.807) is 4.68 Å². The summed E-state index contributed by atoms with van der Waals surface area (Å²) in [6, 6.07) is 62.7. The predicted octanol–water partition coefficient (Wildman–Crippen LogP) is 26.5. The lowest BCUT2D eigenvalue weighted by Gasteiger charge is -2.22. The number of nitrogens with one attached hydrogen (secondary N) is 2. The topological polar surface area (TPSA) is 206 Å². The zero-order chi connectivity index (χ0) is 92.7. The number of aryl methyl sites for hydroxylation is 2. The van der Waals surface area contributed by atoms with Crippen LogP contribution in [0.5, 0.6) is 0 Å². The van der Waals surface area contributed by atoms with Gasteiger partial charge in [0.15, 0.2) is 0 Å². The van der Waals surface area contributed by atoms with Crippen molar-refractivity contribution in [2.75, 3.05) is 13.1 Å². The number of amides is 2. The van der Waals surface area contributed by atoms with Crippen molar-refractivity contribution in [3.05, 3.63) is 318 Å². The highest BCUT2D eigenvalue weighted by atomic mass is 16.6. The number of rotatable bonds is 6. The fourth-order valence-electron chi connectivity index (χ4n) is 16.3. The van der Waals surface area contributed by atoms with Gasteiger partial charge in [0.05, 0.1) is 40.4 Å². The number of non-ortho nitro benzene ring substituents is 1. The minimum absolute atomic E-state index is 0.0263. The smallest absolute Gasteiger partial charge is 0.289 e. The first-order valence-corrected chi connectivity index (χ1v) is 44.3. The van der Waals surface area contributed by atoms with E-state index in [1.165, 1.54) is 149 Å². The van der Waals surface area contributed by atoms with E-state index in [2.05, 4.69) is 354 Å². The van der Waals surface area contributed by atoms with Crippen LogP contribution >= 0.6 is 0 Å². The van der Waals surface area contributed by atoms with Crippen LogP contribution in [-0.4, -0.2) is 64.7 Å². The Labute approximate surface area is 759 Å². The van der Waals surface area contributed by atoms with E-state index in [4.69, 9.17) is 0 Å². The molecular formula is C113H118N10O6. The summed E-state index contributed by atoms with van der Waals surface area (Å²) in [5.74, 6) is 16.7. The maximum atomic E-state index is 11.9. The number of carbonyl (C=O) groups is 2. The van der Waals surface area contributed by atoms with Crippen LogP contribution in [0.2, 0.25) is 0 Å². The molecule has 2 amide bonds. The van der Waals surface area contributed by atoms with E-state index in [1.807, 2.05) is 72.6 Å². The molecule has 6 aliphatic carbocycles. The van der Waals surface area contributed by atoms with Crippen molar-refractivity contribution in [3.63, 3.8) is 0 Å². The number of hydrogen-bond donors (Lipinski definition) is 2. The van der Waals surface area contributed by atoms with E-state index in [-0.39, 0.29) is 45.1 Å². The van der Waals surface area contributed by atoms with E-state index in [0.717, 1.165) is 74.7 Å². The van der Waals surface area contributed by atoms with Gasteiger partial charge in [0, 0.05) is 66.1 Å². The average Bonchev–Trinajstić information content (AvgIpc) is 0.833. The summed E-state index contributed by atoms with van der Waals surface area (Å²) in [4.78, 5) is 42.3. The number of allylic oxidation sites excluding steroid dienone is 9. The zero-order valence-electron chi connectivity index (χ0n) is 78.1. The molecule has 6 aliphatic rings. The highest BCUT2D eigenvalue weighted by Crippen LogP contribution is 2.45. The Bertz CT molecular complexity index is 6540. The molecule has 0 atom stereocenters. The van der Waals surface area contributed by atoms with Crippen LogP contribution in [0.4, 0.5) is 11.4 Å². The number of hydrogen-bond acceptors (Lipinski definition) is 10. The van der Waals surface area contributed by atoms with Gasteiger partial charge < -0.3 is 10.6 Å². The minimum atomic E-state index is -0.831. The Balaban J connectivity index is 0.000000134. The minimum Gasteiger partial charge on any atom is -0.345 e. The van der Waals surface area contributed by atoms with Crippen LogP contribution in [0.25, 0.3) is 110 Å². The van der Waals surface area contributed by atoms with Gasteiger partial charge in [-0.3, -0.25) is 39.2 Å². The molecule has 14 aromatic rings. The lowest BCUT2D eigenvalue weighted by Crippen LogP contribution is -2.24. The molecule has 129 heavy (non-hydrogen) atoms. The van der Waals surface area contributed by atoms with Gasteiger partial charge in [-0.15, -0.1) is 16.1 Å². The summed E-state index contributed by atoms with van der Waals surface area (Å²) < 4.78 is 3.57. The second kappa shape index (κ2) is 40.7. The molecule has 0 unspecified atom stereocenters. The number of nitro groups is 2. The zero-order valence-corrected chi connectivity index (χ0v) is 78.1. The molecular weight excluding hydrogens is 1590 g/mol. The lowest BCUT2D eigenvalue weighted by atomic mass is 9.82. The third-order valence-corrected chi connectivity index (χ3v) is 22.3. The summed E-state index contributed by atoms with van der Waals surface area (Å²) >= 11 is 0. The predicted molar refractivity (Wildman–Crippen MR) is 538 cm³/mol. The Hall–Kier alpha value is -14.1. The molecule has 0 bridgehead atoms. The molecule has 0 saturated heterocycles. The highest BCUT2D eigenvalue weighted by molar-refractivity contribution is 6.33. The van der Waals surface area contributed by atoms with E-state index in [9.17, 15) is 29.8 Å². The summed E-state index contributed by atoms with van der Waals surface area (Å²) in [6.45, 7) is 37.7. The number of fused-ring (bicyclic) bond motifs is 2. The number of carbonyl (C=O) groups excluding carboxylic acids is 2. The second-order valence-electron chi connectivity index (χ2n) is 37.9. The molecule has 12 aromatic carbocycles. The number of nitro benzene ring substituents is 2. The first-order valence-electron chi connectivity index (χ1n) is 44.3. The largest absolute Gasteiger partial charge is 0.345 e. The van der Waals surface area contributed by atoms with Crippen molar-refractivity contribution in [1.29, 1.82) is 0 Å². The molecule has 2 heterocycles. The third-order valence-electron chi connectivity index (χ3n) is 22.3. The molecule has 0 fully saturated rings. The van der Waals surface area contributed by atoms with Crippen LogP contribution in [0.1, 0.15) is 216 Å². The van der Waals surface area contributed by atoms with Gasteiger partial charge in [-0.25, -0.2) is 0 Å². The fraction of sp³-hybridized carbons (Fsp3) is 0.292. The van der Waals surface area contributed by atoms with Crippen LogP contribution in [-0.2, 0) is 48.5 Å². The maximum absolute atomic E-state index is 11.9. The molecule has 0 aliphatic heterocycles. The Morgan fingerprint density at radius 2 is 0.798 bits per heavy atom. The van der Waals surface area contributed by atoms with Gasteiger partial charge in [-0.2, -0.15) is 0 Å². The highest BCUT2D eigenvalue weighted by Gasteiger charge is 2.27. The molecule has 2 aromatic heterocycles.